The quantitative estimate of drug-likeness (QED) is 0.782. The lowest BCUT2D eigenvalue weighted by Gasteiger charge is -2.15. The molecule has 21 heavy (non-hydrogen) atoms. The standard InChI is InChI=1S/C17H16BrN3/c18-14-6-8-15(9-7-14)21-12-20-11-17(21)16(19)10-13-4-2-1-3-5-13/h1-9,11-12,16H,10,19H2/t16-/m1/s1. The molecule has 0 spiro atoms. The maximum Gasteiger partial charge on any atom is 0.0994 e. The molecule has 0 aliphatic heterocycles. The number of benzene rings is 2. The first-order chi connectivity index (χ1) is 10.2. The average Bonchev–Trinajstić information content (AvgIpc) is 2.98. The zero-order valence-corrected chi connectivity index (χ0v) is 13.1. The van der Waals surface area contributed by atoms with Gasteiger partial charge in [0, 0.05) is 10.2 Å². The van der Waals surface area contributed by atoms with E-state index in [-0.39, 0.29) is 6.04 Å². The highest BCUT2D eigenvalue weighted by atomic mass is 79.9. The van der Waals surface area contributed by atoms with Gasteiger partial charge in [-0.25, -0.2) is 4.98 Å². The Hall–Kier alpha value is -1.91. The van der Waals surface area contributed by atoms with E-state index in [0.29, 0.717) is 0 Å². The predicted octanol–water partition coefficient (Wildman–Crippen LogP) is 3.88. The first-order valence-corrected chi connectivity index (χ1v) is 7.61. The van der Waals surface area contributed by atoms with Gasteiger partial charge in [0.25, 0.3) is 0 Å². The fraction of sp³-hybridized carbons (Fsp3) is 0.118. The van der Waals surface area contributed by atoms with Gasteiger partial charge in [0.05, 0.1) is 24.3 Å². The highest BCUT2D eigenvalue weighted by molar-refractivity contribution is 9.10. The van der Waals surface area contributed by atoms with Crippen molar-refractivity contribution in [1.29, 1.82) is 0 Å². The van der Waals surface area contributed by atoms with Gasteiger partial charge in [0.1, 0.15) is 0 Å². The summed E-state index contributed by atoms with van der Waals surface area (Å²) in [5.41, 5.74) is 9.68. The largest absolute Gasteiger partial charge is 0.322 e. The van der Waals surface area contributed by atoms with Crippen LogP contribution in [0.1, 0.15) is 17.3 Å². The van der Waals surface area contributed by atoms with Gasteiger partial charge in [0.2, 0.25) is 0 Å². The Morgan fingerprint density at radius 3 is 2.48 bits per heavy atom. The van der Waals surface area contributed by atoms with Crippen molar-refractivity contribution in [3.05, 3.63) is 82.9 Å². The Bertz CT molecular complexity index is 704. The summed E-state index contributed by atoms with van der Waals surface area (Å²) in [5.74, 6) is 0. The molecule has 0 bridgehead atoms. The van der Waals surface area contributed by atoms with Crippen molar-refractivity contribution in [2.75, 3.05) is 0 Å². The highest BCUT2D eigenvalue weighted by Crippen LogP contribution is 2.21. The molecule has 0 unspecified atom stereocenters. The number of halogens is 1. The van der Waals surface area contributed by atoms with E-state index in [1.54, 1.807) is 0 Å². The zero-order valence-electron chi connectivity index (χ0n) is 11.5. The van der Waals surface area contributed by atoms with E-state index in [9.17, 15) is 0 Å². The molecule has 0 aliphatic rings. The van der Waals surface area contributed by atoms with Gasteiger partial charge in [-0.1, -0.05) is 46.3 Å². The molecule has 106 valence electrons. The Balaban J connectivity index is 1.86. The van der Waals surface area contributed by atoms with E-state index in [1.165, 1.54) is 5.56 Å². The van der Waals surface area contributed by atoms with Crippen molar-refractivity contribution in [2.24, 2.45) is 5.73 Å². The summed E-state index contributed by atoms with van der Waals surface area (Å²) in [4.78, 5) is 4.25. The average molecular weight is 342 g/mol. The third kappa shape index (κ3) is 3.23. The summed E-state index contributed by atoms with van der Waals surface area (Å²) in [6.45, 7) is 0. The molecule has 0 aliphatic carbocycles. The molecule has 1 atom stereocenters. The van der Waals surface area contributed by atoms with Crippen molar-refractivity contribution < 1.29 is 0 Å². The van der Waals surface area contributed by atoms with Crippen molar-refractivity contribution >= 4 is 15.9 Å². The van der Waals surface area contributed by atoms with Crippen LogP contribution in [-0.4, -0.2) is 9.55 Å². The van der Waals surface area contributed by atoms with Crippen LogP contribution in [0, 0.1) is 0 Å². The van der Waals surface area contributed by atoms with Gasteiger partial charge in [-0.05, 0) is 36.2 Å². The normalized spacial score (nSPS) is 12.3. The van der Waals surface area contributed by atoms with E-state index >= 15 is 0 Å². The lowest BCUT2D eigenvalue weighted by molar-refractivity contribution is 0.679. The monoisotopic (exact) mass is 341 g/mol. The van der Waals surface area contributed by atoms with Gasteiger partial charge in [-0.2, -0.15) is 0 Å². The third-order valence-corrected chi connectivity index (χ3v) is 3.98. The van der Waals surface area contributed by atoms with Crippen molar-refractivity contribution in [3.8, 4) is 5.69 Å². The molecule has 1 heterocycles. The van der Waals surface area contributed by atoms with Crippen molar-refractivity contribution in [1.82, 2.24) is 9.55 Å². The van der Waals surface area contributed by atoms with E-state index in [0.717, 1.165) is 22.3 Å². The number of hydrogen-bond acceptors (Lipinski definition) is 2. The van der Waals surface area contributed by atoms with Crippen LogP contribution >= 0.6 is 15.9 Å². The van der Waals surface area contributed by atoms with Gasteiger partial charge < -0.3 is 10.3 Å². The molecular formula is C17H16BrN3. The lowest BCUT2D eigenvalue weighted by Crippen LogP contribution is -2.17. The number of rotatable bonds is 4. The van der Waals surface area contributed by atoms with Crippen molar-refractivity contribution in [2.45, 2.75) is 12.5 Å². The van der Waals surface area contributed by atoms with Gasteiger partial charge in [0.15, 0.2) is 0 Å². The lowest BCUT2D eigenvalue weighted by atomic mass is 10.0. The highest BCUT2D eigenvalue weighted by Gasteiger charge is 2.13. The van der Waals surface area contributed by atoms with E-state index in [1.807, 2.05) is 59.6 Å². The molecule has 2 aromatic carbocycles. The van der Waals surface area contributed by atoms with Crippen LogP contribution in [0.2, 0.25) is 0 Å². The minimum atomic E-state index is -0.0847. The van der Waals surface area contributed by atoms with Crippen molar-refractivity contribution in [3.63, 3.8) is 0 Å². The molecule has 0 fully saturated rings. The smallest absolute Gasteiger partial charge is 0.0994 e. The third-order valence-electron chi connectivity index (χ3n) is 3.45. The molecule has 3 aromatic rings. The zero-order chi connectivity index (χ0) is 14.7. The van der Waals surface area contributed by atoms with Gasteiger partial charge in [-0.3, -0.25) is 0 Å². The summed E-state index contributed by atoms with van der Waals surface area (Å²) in [6.07, 6.45) is 4.45. The molecule has 0 saturated carbocycles. The first kappa shape index (κ1) is 14.0. The van der Waals surface area contributed by atoms with Crippen LogP contribution in [0.15, 0.2) is 71.6 Å². The minimum absolute atomic E-state index is 0.0847. The van der Waals surface area contributed by atoms with Crippen LogP contribution < -0.4 is 5.73 Å². The molecule has 2 N–H and O–H groups in total. The molecule has 3 nitrogen and oxygen atoms in total. The second-order valence-electron chi connectivity index (χ2n) is 4.96. The fourth-order valence-corrected chi connectivity index (χ4v) is 2.63. The molecule has 3 rings (SSSR count). The fourth-order valence-electron chi connectivity index (χ4n) is 2.37. The predicted molar refractivity (Wildman–Crippen MR) is 88.3 cm³/mol. The molecule has 1 aromatic heterocycles. The first-order valence-electron chi connectivity index (χ1n) is 6.82. The van der Waals surface area contributed by atoms with Crippen LogP contribution in [0.25, 0.3) is 5.69 Å². The van der Waals surface area contributed by atoms with E-state index in [4.69, 9.17) is 5.73 Å². The molecule has 0 radical (unpaired) electrons. The second-order valence-corrected chi connectivity index (χ2v) is 5.88. The Morgan fingerprint density at radius 2 is 1.76 bits per heavy atom. The Kier molecular flexibility index (Phi) is 4.18. The number of hydrogen-bond donors (Lipinski definition) is 1. The summed E-state index contributed by atoms with van der Waals surface area (Å²) in [5, 5.41) is 0. The number of nitrogens with two attached hydrogens (primary N) is 1. The molecule has 0 saturated heterocycles. The molecule has 4 heteroatoms. The Labute approximate surface area is 132 Å². The Morgan fingerprint density at radius 1 is 1.05 bits per heavy atom. The minimum Gasteiger partial charge on any atom is -0.322 e. The summed E-state index contributed by atoms with van der Waals surface area (Å²) >= 11 is 3.45. The topological polar surface area (TPSA) is 43.8 Å². The maximum atomic E-state index is 6.37. The van der Waals surface area contributed by atoms with Gasteiger partial charge >= 0.3 is 0 Å². The number of aromatic nitrogens is 2. The number of nitrogens with zero attached hydrogens (tertiary/aromatic N) is 2. The van der Waals surface area contributed by atoms with Gasteiger partial charge in [-0.15, -0.1) is 0 Å². The van der Waals surface area contributed by atoms with Crippen LogP contribution in [0.4, 0.5) is 0 Å². The van der Waals surface area contributed by atoms with Crippen LogP contribution in [0.5, 0.6) is 0 Å². The SMILES string of the molecule is N[C@H](Cc1ccccc1)c1cncn1-c1ccc(Br)cc1. The maximum absolute atomic E-state index is 6.37. The summed E-state index contributed by atoms with van der Waals surface area (Å²) < 4.78 is 3.10. The van der Waals surface area contributed by atoms with Crippen LogP contribution in [-0.2, 0) is 6.42 Å². The molecular weight excluding hydrogens is 326 g/mol. The van der Waals surface area contributed by atoms with Crippen LogP contribution in [0.3, 0.4) is 0 Å². The molecule has 0 amide bonds. The number of imidazole rings is 1. The van der Waals surface area contributed by atoms with E-state index < -0.39 is 0 Å². The van der Waals surface area contributed by atoms with E-state index in [2.05, 4.69) is 33.0 Å². The summed E-state index contributed by atoms with van der Waals surface area (Å²) in [7, 11) is 0. The summed E-state index contributed by atoms with van der Waals surface area (Å²) in [6, 6.07) is 18.3. The second kappa shape index (κ2) is 6.24.